The minimum Gasteiger partial charge on any atom is -0.378 e. The number of carbonyl (C=O) groups excluding carboxylic acids is 1. The fourth-order valence-corrected chi connectivity index (χ4v) is 3.32. The van der Waals surface area contributed by atoms with Crippen LogP contribution in [0.25, 0.3) is 0 Å². The van der Waals surface area contributed by atoms with Crippen LogP contribution in [0.15, 0.2) is 12.1 Å². The zero-order valence-electron chi connectivity index (χ0n) is 12.8. The molecule has 3 rings (SSSR count). The summed E-state index contributed by atoms with van der Waals surface area (Å²) in [4.78, 5) is 19.0. The molecule has 0 aliphatic carbocycles. The summed E-state index contributed by atoms with van der Waals surface area (Å²) in [6, 6.07) is 3.65. The van der Waals surface area contributed by atoms with E-state index in [1.165, 1.54) is 0 Å². The molecule has 0 aromatic carbocycles. The first kappa shape index (κ1) is 15.6. The largest absolute Gasteiger partial charge is 0.378 e. The van der Waals surface area contributed by atoms with Crippen molar-refractivity contribution in [2.45, 2.75) is 44.8 Å². The average Bonchev–Trinajstić information content (AvgIpc) is 3.01. The molecule has 0 unspecified atom stereocenters. The highest BCUT2D eigenvalue weighted by atomic mass is 35.5. The van der Waals surface area contributed by atoms with Crippen molar-refractivity contribution in [3.8, 4) is 0 Å². The van der Waals surface area contributed by atoms with Crippen molar-refractivity contribution in [2.24, 2.45) is 0 Å². The van der Waals surface area contributed by atoms with Gasteiger partial charge >= 0.3 is 0 Å². The lowest BCUT2D eigenvalue weighted by molar-refractivity contribution is 0.0136. The highest BCUT2D eigenvalue weighted by molar-refractivity contribution is 6.29. The number of halogens is 1. The monoisotopic (exact) mass is 323 g/mol. The Kier molecular flexibility index (Phi) is 4.84. The molecule has 0 spiro atoms. The summed E-state index contributed by atoms with van der Waals surface area (Å²) in [7, 11) is 0. The first-order valence-electron chi connectivity index (χ1n) is 7.97. The third kappa shape index (κ3) is 3.70. The second-order valence-electron chi connectivity index (χ2n) is 6.11. The minimum atomic E-state index is -0.0798. The summed E-state index contributed by atoms with van der Waals surface area (Å²) in [5.74, 6) is 0.722. The van der Waals surface area contributed by atoms with Gasteiger partial charge in [0.15, 0.2) is 0 Å². The number of rotatable bonds is 3. The van der Waals surface area contributed by atoms with E-state index in [1.807, 2.05) is 13.0 Å². The van der Waals surface area contributed by atoms with E-state index in [-0.39, 0.29) is 18.1 Å². The summed E-state index contributed by atoms with van der Waals surface area (Å²) in [6.07, 6.45) is 4.23. The predicted molar refractivity (Wildman–Crippen MR) is 86.6 cm³/mol. The number of nitrogens with one attached hydrogen (secondary N) is 1. The number of hydrogen-bond acceptors (Lipinski definition) is 4. The predicted octanol–water partition coefficient (Wildman–Crippen LogP) is 2.63. The van der Waals surface area contributed by atoms with E-state index in [2.05, 4.69) is 15.2 Å². The van der Waals surface area contributed by atoms with Gasteiger partial charge in [-0.2, -0.15) is 0 Å². The Hall–Kier alpha value is -1.33. The lowest BCUT2D eigenvalue weighted by Crippen LogP contribution is -2.41. The van der Waals surface area contributed by atoms with Crippen LogP contribution in [0.3, 0.4) is 0 Å². The Morgan fingerprint density at radius 1 is 1.41 bits per heavy atom. The number of pyridine rings is 1. The average molecular weight is 324 g/mol. The van der Waals surface area contributed by atoms with E-state index in [1.54, 1.807) is 6.07 Å². The van der Waals surface area contributed by atoms with E-state index < -0.39 is 0 Å². The van der Waals surface area contributed by atoms with E-state index in [0.717, 1.165) is 44.6 Å². The second-order valence-corrected chi connectivity index (χ2v) is 6.49. The molecule has 120 valence electrons. The summed E-state index contributed by atoms with van der Waals surface area (Å²) >= 11 is 6.10. The molecule has 2 fully saturated rings. The lowest BCUT2D eigenvalue weighted by Gasteiger charge is -2.28. The number of carbonyl (C=O) groups is 1. The Morgan fingerprint density at radius 3 is 2.91 bits per heavy atom. The zero-order chi connectivity index (χ0) is 15.5. The van der Waals surface area contributed by atoms with Gasteiger partial charge in [0.25, 0.3) is 5.91 Å². The molecule has 0 bridgehead atoms. The van der Waals surface area contributed by atoms with Crippen LogP contribution in [0.2, 0.25) is 5.15 Å². The molecule has 2 aliphatic rings. The van der Waals surface area contributed by atoms with Crippen LogP contribution in [-0.2, 0) is 4.74 Å². The van der Waals surface area contributed by atoms with Gasteiger partial charge in [-0.25, -0.2) is 4.98 Å². The summed E-state index contributed by atoms with van der Waals surface area (Å²) in [5.41, 5.74) is 0.584. The van der Waals surface area contributed by atoms with Gasteiger partial charge in [0.2, 0.25) is 0 Å². The highest BCUT2D eigenvalue weighted by Gasteiger charge is 2.22. The van der Waals surface area contributed by atoms with Crippen LogP contribution < -0.4 is 10.2 Å². The fraction of sp³-hybridized carbons (Fsp3) is 0.625. The maximum Gasteiger partial charge on any atom is 0.251 e. The molecular formula is C16H22ClN3O2. The quantitative estimate of drug-likeness (QED) is 0.869. The van der Waals surface area contributed by atoms with Crippen molar-refractivity contribution in [1.29, 1.82) is 0 Å². The molecule has 2 saturated heterocycles. The van der Waals surface area contributed by atoms with Gasteiger partial charge in [-0.15, -0.1) is 0 Å². The van der Waals surface area contributed by atoms with Crippen molar-refractivity contribution in [3.05, 3.63) is 22.8 Å². The molecule has 22 heavy (non-hydrogen) atoms. The van der Waals surface area contributed by atoms with Crippen molar-refractivity contribution in [1.82, 2.24) is 10.3 Å². The zero-order valence-corrected chi connectivity index (χ0v) is 13.6. The number of nitrogens with zero attached hydrogens (tertiary/aromatic N) is 2. The van der Waals surface area contributed by atoms with Gasteiger partial charge in [0, 0.05) is 31.3 Å². The van der Waals surface area contributed by atoms with Gasteiger partial charge in [-0.1, -0.05) is 11.6 Å². The Morgan fingerprint density at radius 2 is 2.18 bits per heavy atom. The Labute approximate surface area is 136 Å². The van der Waals surface area contributed by atoms with E-state index in [0.29, 0.717) is 17.3 Å². The molecule has 1 amide bonds. The molecule has 6 heteroatoms. The highest BCUT2D eigenvalue weighted by Crippen LogP contribution is 2.22. The van der Waals surface area contributed by atoms with Crippen molar-refractivity contribution in [2.75, 3.05) is 24.6 Å². The molecular weight excluding hydrogens is 302 g/mol. The third-order valence-corrected chi connectivity index (χ3v) is 4.49. The number of aromatic nitrogens is 1. The third-order valence-electron chi connectivity index (χ3n) is 4.29. The normalized spacial score (nSPS) is 25.3. The smallest absolute Gasteiger partial charge is 0.251 e. The topological polar surface area (TPSA) is 54.5 Å². The molecule has 1 aromatic heterocycles. The minimum absolute atomic E-state index is 0.0798. The standard InChI is InChI=1S/C16H22ClN3O2/c1-11-8-13(4-7-22-11)18-16(21)12-9-14(17)19-15(10-12)20-5-2-3-6-20/h9-11,13H,2-8H2,1H3,(H,18,21)/t11-,13-/m1/s1. The van der Waals surface area contributed by atoms with Gasteiger partial charge in [0.1, 0.15) is 11.0 Å². The van der Waals surface area contributed by atoms with Crippen LogP contribution >= 0.6 is 11.6 Å². The SMILES string of the molecule is C[C@@H]1C[C@H](NC(=O)c2cc(Cl)nc(N3CCCC3)c2)CCO1. The second kappa shape index (κ2) is 6.84. The van der Waals surface area contributed by atoms with Gasteiger partial charge < -0.3 is 15.0 Å². The van der Waals surface area contributed by atoms with Crippen LogP contribution in [0.5, 0.6) is 0 Å². The van der Waals surface area contributed by atoms with Crippen molar-refractivity contribution >= 4 is 23.3 Å². The van der Waals surface area contributed by atoms with Crippen LogP contribution in [0.4, 0.5) is 5.82 Å². The first-order valence-corrected chi connectivity index (χ1v) is 8.34. The number of anilines is 1. The molecule has 3 heterocycles. The number of amides is 1. The molecule has 1 aromatic rings. The molecule has 1 N–H and O–H groups in total. The molecule has 2 aliphatic heterocycles. The van der Waals surface area contributed by atoms with E-state index in [4.69, 9.17) is 16.3 Å². The molecule has 5 nitrogen and oxygen atoms in total. The van der Waals surface area contributed by atoms with E-state index in [9.17, 15) is 4.79 Å². The number of hydrogen-bond donors (Lipinski definition) is 1. The lowest BCUT2D eigenvalue weighted by atomic mass is 10.0. The maximum atomic E-state index is 12.5. The van der Waals surface area contributed by atoms with Gasteiger partial charge in [-0.05, 0) is 44.7 Å². The number of ether oxygens (including phenoxy) is 1. The fourth-order valence-electron chi connectivity index (χ4n) is 3.12. The molecule has 0 saturated carbocycles. The van der Waals surface area contributed by atoms with Gasteiger partial charge in [-0.3, -0.25) is 4.79 Å². The Balaban J connectivity index is 1.71. The molecule has 2 atom stereocenters. The Bertz CT molecular complexity index is 546. The maximum absolute atomic E-state index is 12.5. The summed E-state index contributed by atoms with van der Waals surface area (Å²) < 4.78 is 5.51. The van der Waals surface area contributed by atoms with Crippen LogP contribution in [-0.4, -0.2) is 42.7 Å². The molecule has 0 radical (unpaired) electrons. The summed E-state index contributed by atoms with van der Waals surface area (Å²) in [6.45, 7) is 4.69. The summed E-state index contributed by atoms with van der Waals surface area (Å²) in [5, 5.41) is 3.46. The van der Waals surface area contributed by atoms with Gasteiger partial charge in [0.05, 0.1) is 6.10 Å². The van der Waals surface area contributed by atoms with Crippen LogP contribution in [0, 0.1) is 0 Å². The van der Waals surface area contributed by atoms with Crippen molar-refractivity contribution in [3.63, 3.8) is 0 Å². The first-order chi connectivity index (χ1) is 10.6. The van der Waals surface area contributed by atoms with Crippen molar-refractivity contribution < 1.29 is 9.53 Å². The van der Waals surface area contributed by atoms with Crippen LogP contribution in [0.1, 0.15) is 43.0 Å². The van der Waals surface area contributed by atoms with E-state index >= 15 is 0 Å².